The minimum atomic E-state index is -0.122. The number of hydrogen-bond acceptors (Lipinski definition) is 6. The average Bonchev–Trinajstić information content (AvgIpc) is 2.77. The number of carbonyl (C=O) groups is 1. The van der Waals surface area contributed by atoms with E-state index in [1.165, 1.54) is 6.33 Å². The Bertz CT molecular complexity index is 1250. The summed E-state index contributed by atoms with van der Waals surface area (Å²) in [5.74, 6) is 1.88. The van der Waals surface area contributed by atoms with Gasteiger partial charge in [0, 0.05) is 29.2 Å². The highest BCUT2D eigenvalue weighted by Gasteiger charge is 2.10. The fourth-order valence-electron chi connectivity index (χ4n) is 3.19. The number of aryl methyl sites for hydroxylation is 3. The van der Waals surface area contributed by atoms with Gasteiger partial charge in [-0.2, -0.15) is 0 Å². The number of carbonyl (C=O) groups excluding carboxylic acids is 1. The zero-order valence-corrected chi connectivity index (χ0v) is 18.2. The van der Waals surface area contributed by atoms with Crippen LogP contribution in [-0.2, 0) is 0 Å². The normalized spacial score (nSPS) is 10.5. The molecular formula is C25H24N6O. The number of pyridine rings is 1. The molecule has 0 aliphatic rings. The van der Waals surface area contributed by atoms with E-state index in [9.17, 15) is 4.79 Å². The van der Waals surface area contributed by atoms with E-state index < -0.39 is 0 Å². The second-order valence-electron chi connectivity index (χ2n) is 7.61. The topological polar surface area (TPSA) is 91.8 Å². The second-order valence-corrected chi connectivity index (χ2v) is 7.61. The van der Waals surface area contributed by atoms with Crippen LogP contribution < -0.4 is 16.0 Å². The fourth-order valence-corrected chi connectivity index (χ4v) is 3.19. The van der Waals surface area contributed by atoms with Crippen LogP contribution in [0.15, 0.2) is 73.2 Å². The quantitative estimate of drug-likeness (QED) is 0.377. The van der Waals surface area contributed by atoms with Crippen molar-refractivity contribution in [3.05, 3.63) is 95.4 Å². The first-order valence-electron chi connectivity index (χ1n) is 10.2. The summed E-state index contributed by atoms with van der Waals surface area (Å²) in [6, 6.07) is 19.0. The van der Waals surface area contributed by atoms with Crippen molar-refractivity contribution < 1.29 is 4.79 Å². The molecule has 160 valence electrons. The Balaban J connectivity index is 1.41. The number of nitrogens with zero attached hydrogens (tertiary/aromatic N) is 3. The van der Waals surface area contributed by atoms with Gasteiger partial charge in [0.1, 0.15) is 23.8 Å². The number of hydrogen-bond donors (Lipinski definition) is 3. The Morgan fingerprint density at radius 3 is 2.09 bits per heavy atom. The smallest absolute Gasteiger partial charge is 0.255 e. The second kappa shape index (κ2) is 9.26. The zero-order chi connectivity index (χ0) is 22.5. The maximum Gasteiger partial charge on any atom is 0.255 e. The van der Waals surface area contributed by atoms with Crippen LogP contribution in [0.25, 0.3) is 0 Å². The number of anilines is 5. The molecule has 0 bridgehead atoms. The third kappa shape index (κ3) is 5.26. The lowest BCUT2D eigenvalue weighted by atomic mass is 10.1. The van der Waals surface area contributed by atoms with Crippen molar-refractivity contribution >= 4 is 34.7 Å². The van der Waals surface area contributed by atoms with Crippen LogP contribution in [0.4, 0.5) is 28.8 Å². The molecule has 0 radical (unpaired) electrons. The molecule has 0 aliphatic heterocycles. The fraction of sp³-hybridized carbons (Fsp3) is 0.120. The Morgan fingerprint density at radius 2 is 1.34 bits per heavy atom. The molecule has 2 heterocycles. The van der Waals surface area contributed by atoms with Crippen LogP contribution in [0, 0.1) is 20.8 Å². The molecule has 2 aromatic heterocycles. The van der Waals surface area contributed by atoms with Gasteiger partial charge in [-0.05, 0) is 74.4 Å². The van der Waals surface area contributed by atoms with Crippen LogP contribution in [0.5, 0.6) is 0 Å². The maximum atomic E-state index is 12.6. The summed E-state index contributed by atoms with van der Waals surface area (Å²) in [6.45, 7) is 5.91. The highest BCUT2D eigenvalue weighted by Crippen LogP contribution is 2.21. The van der Waals surface area contributed by atoms with Crippen molar-refractivity contribution in [2.24, 2.45) is 0 Å². The molecule has 32 heavy (non-hydrogen) atoms. The minimum absolute atomic E-state index is 0.122. The summed E-state index contributed by atoms with van der Waals surface area (Å²) < 4.78 is 0. The SMILES string of the molecule is Cc1ccnc(Nc2cc(Nc3ccc(NC(=O)c4cc(C)ccc4C)cc3)ncn2)c1. The lowest BCUT2D eigenvalue weighted by Crippen LogP contribution is -2.13. The first-order chi connectivity index (χ1) is 15.5. The molecule has 0 fully saturated rings. The van der Waals surface area contributed by atoms with Crippen LogP contribution in [0.2, 0.25) is 0 Å². The van der Waals surface area contributed by atoms with Crippen LogP contribution >= 0.6 is 0 Å². The predicted molar refractivity (Wildman–Crippen MR) is 128 cm³/mol. The van der Waals surface area contributed by atoms with Crippen molar-refractivity contribution in [1.29, 1.82) is 0 Å². The monoisotopic (exact) mass is 424 g/mol. The van der Waals surface area contributed by atoms with Gasteiger partial charge in [-0.1, -0.05) is 17.7 Å². The van der Waals surface area contributed by atoms with Crippen molar-refractivity contribution in [3.8, 4) is 0 Å². The Labute approximate surface area is 187 Å². The van der Waals surface area contributed by atoms with Crippen LogP contribution in [0.3, 0.4) is 0 Å². The molecule has 0 saturated heterocycles. The van der Waals surface area contributed by atoms with Gasteiger partial charge < -0.3 is 16.0 Å². The Hall–Kier alpha value is -4.26. The van der Waals surface area contributed by atoms with E-state index in [1.54, 1.807) is 12.3 Å². The molecule has 0 spiro atoms. The summed E-state index contributed by atoms with van der Waals surface area (Å²) >= 11 is 0. The van der Waals surface area contributed by atoms with Crippen molar-refractivity contribution in [2.75, 3.05) is 16.0 Å². The third-order valence-corrected chi connectivity index (χ3v) is 4.89. The molecule has 7 nitrogen and oxygen atoms in total. The van der Waals surface area contributed by atoms with Gasteiger partial charge >= 0.3 is 0 Å². The number of amides is 1. The molecule has 3 N–H and O–H groups in total. The van der Waals surface area contributed by atoms with Gasteiger partial charge in [0.2, 0.25) is 0 Å². The summed E-state index contributed by atoms with van der Waals surface area (Å²) in [6.07, 6.45) is 3.23. The maximum absolute atomic E-state index is 12.6. The van der Waals surface area contributed by atoms with Gasteiger partial charge in [-0.15, -0.1) is 0 Å². The number of rotatable bonds is 6. The summed E-state index contributed by atoms with van der Waals surface area (Å²) in [4.78, 5) is 25.4. The molecule has 1 amide bonds. The first-order valence-corrected chi connectivity index (χ1v) is 10.2. The molecule has 0 atom stereocenters. The summed E-state index contributed by atoms with van der Waals surface area (Å²) in [5, 5.41) is 9.37. The van der Waals surface area contributed by atoms with Crippen molar-refractivity contribution in [2.45, 2.75) is 20.8 Å². The zero-order valence-electron chi connectivity index (χ0n) is 18.2. The molecule has 4 rings (SSSR count). The molecule has 0 aliphatic carbocycles. The third-order valence-electron chi connectivity index (χ3n) is 4.89. The van der Waals surface area contributed by atoms with Gasteiger partial charge in [0.05, 0.1) is 0 Å². The molecule has 0 unspecified atom stereocenters. The number of benzene rings is 2. The summed E-state index contributed by atoms with van der Waals surface area (Å²) in [5.41, 5.74) is 5.35. The van der Waals surface area contributed by atoms with Crippen molar-refractivity contribution in [1.82, 2.24) is 15.0 Å². The highest BCUT2D eigenvalue weighted by atomic mass is 16.1. The van der Waals surface area contributed by atoms with E-state index in [-0.39, 0.29) is 5.91 Å². The summed E-state index contributed by atoms with van der Waals surface area (Å²) in [7, 11) is 0. The van der Waals surface area contributed by atoms with Gasteiger partial charge in [0.25, 0.3) is 5.91 Å². The molecule has 2 aromatic carbocycles. The van der Waals surface area contributed by atoms with Crippen molar-refractivity contribution in [3.63, 3.8) is 0 Å². The van der Waals surface area contributed by atoms with Gasteiger partial charge in [0.15, 0.2) is 0 Å². The molecule has 7 heteroatoms. The van der Waals surface area contributed by atoms with Crippen LogP contribution in [0.1, 0.15) is 27.0 Å². The van der Waals surface area contributed by atoms with E-state index in [2.05, 4.69) is 30.9 Å². The van der Waals surface area contributed by atoms with E-state index >= 15 is 0 Å². The Kier molecular flexibility index (Phi) is 6.07. The first kappa shape index (κ1) is 21.0. The average molecular weight is 425 g/mol. The van der Waals surface area contributed by atoms with E-state index in [0.29, 0.717) is 17.2 Å². The largest absolute Gasteiger partial charge is 0.340 e. The van der Waals surface area contributed by atoms with Gasteiger partial charge in [-0.3, -0.25) is 4.79 Å². The molecule has 4 aromatic rings. The predicted octanol–water partition coefficient (Wildman–Crippen LogP) is 5.54. The molecular weight excluding hydrogens is 400 g/mol. The Morgan fingerprint density at radius 1 is 0.688 bits per heavy atom. The van der Waals surface area contributed by atoms with E-state index in [0.717, 1.165) is 33.9 Å². The highest BCUT2D eigenvalue weighted by molar-refractivity contribution is 6.05. The van der Waals surface area contributed by atoms with E-state index in [4.69, 9.17) is 0 Å². The number of nitrogens with one attached hydrogen (secondary N) is 3. The lowest BCUT2D eigenvalue weighted by Gasteiger charge is -2.11. The standard InChI is InChI=1S/C25H24N6O/c1-16-4-5-18(3)21(12-16)25(32)30-20-8-6-19(7-9-20)29-23-14-24(28-15-27-23)31-22-13-17(2)10-11-26-22/h4-15H,1-3H3,(H,30,32)(H2,26,27,28,29,31). The number of aromatic nitrogens is 3. The minimum Gasteiger partial charge on any atom is -0.340 e. The lowest BCUT2D eigenvalue weighted by molar-refractivity contribution is 0.102. The molecule has 0 saturated carbocycles. The van der Waals surface area contributed by atoms with Crippen LogP contribution in [-0.4, -0.2) is 20.9 Å². The van der Waals surface area contributed by atoms with E-state index in [1.807, 2.05) is 75.4 Å². The van der Waals surface area contributed by atoms with Gasteiger partial charge in [-0.25, -0.2) is 15.0 Å².